The van der Waals surface area contributed by atoms with E-state index in [1.165, 1.54) is 0 Å². The smallest absolute Gasteiger partial charge is 0.335 e. The highest BCUT2D eigenvalue weighted by Crippen LogP contribution is 2.13. The maximum Gasteiger partial charge on any atom is 0.349 e. The molecule has 0 radical (unpaired) electrons. The van der Waals surface area contributed by atoms with Gasteiger partial charge in [-0.05, 0) is 0 Å². The molecular weight excluding hydrogens is 184 g/mol. The minimum atomic E-state index is -2.94. The van der Waals surface area contributed by atoms with Crippen molar-refractivity contribution in [3.8, 4) is 0 Å². The first-order valence-electron chi connectivity index (χ1n) is 3.31. The first-order chi connectivity index (χ1) is 5.95. The molecule has 1 heterocycles. The number of rotatable bonds is 1. The van der Waals surface area contributed by atoms with E-state index in [9.17, 15) is 18.4 Å². The van der Waals surface area contributed by atoms with Crippen molar-refractivity contribution in [1.82, 2.24) is 9.24 Å². The molecule has 5 nitrogen and oxygen atoms in total. The Balaban J connectivity index is 3.60. The Kier molecular flexibility index (Phi) is 2.18. The Bertz CT molecular complexity index is 434. The van der Waals surface area contributed by atoms with Crippen molar-refractivity contribution in [2.75, 3.05) is 5.84 Å². The molecule has 0 aliphatic carbocycles. The highest BCUT2D eigenvalue weighted by Gasteiger charge is 2.14. The van der Waals surface area contributed by atoms with Crippen LogP contribution < -0.4 is 17.1 Å². The molecule has 0 atom stereocenters. The molecule has 0 saturated carbocycles. The third kappa shape index (κ3) is 1.44. The van der Waals surface area contributed by atoms with Gasteiger partial charge in [0.25, 0.3) is 12.0 Å². The Morgan fingerprint density at radius 3 is 2.46 bits per heavy atom. The van der Waals surface area contributed by atoms with Crippen LogP contribution in [0.15, 0.2) is 15.7 Å². The maximum atomic E-state index is 12.1. The lowest BCUT2D eigenvalue weighted by molar-refractivity contribution is 0.141. The van der Waals surface area contributed by atoms with Gasteiger partial charge in [-0.15, -0.1) is 0 Å². The second-order valence-electron chi connectivity index (χ2n) is 2.42. The van der Waals surface area contributed by atoms with Gasteiger partial charge in [-0.3, -0.25) is 9.36 Å². The number of alkyl halides is 2. The van der Waals surface area contributed by atoms with Gasteiger partial charge in [0.2, 0.25) is 0 Å². The van der Waals surface area contributed by atoms with E-state index < -0.39 is 23.4 Å². The molecule has 0 unspecified atom stereocenters. The molecule has 1 rings (SSSR count). The van der Waals surface area contributed by atoms with Crippen molar-refractivity contribution in [2.24, 2.45) is 7.05 Å². The summed E-state index contributed by atoms with van der Waals surface area (Å²) in [6, 6.07) is 0.631. The molecule has 0 bridgehead atoms. The first kappa shape index (κ1) is 9.43. The predicted octanol–water partition coefficient (Wildman–Crippen LogP) is -0.802. The largest absolute Gasteiger partial charge is 0.349 e. The molecule has 0 aliphatic heterocycles. The Labute approximate surface area is 71.0 Å². The number of hydrogen-bond donors (Lipinski definition) is 1. The average Bonchev–Trinajstić information content (AvgIpc) is 2.07. The van der Waals surface area contributed by atoms with E-state index in [1.54, 1.807) is 0 Å². The van der Waals surface area contributed by atoms with Crippen LogP contribution >= 0.6 is 0 Å². The molecule has 2 N–H and O–H groups in total. The zero-order chi connectivity index (χ0) is 10.2. The lowest BCUT2D eigenvalue weighted by Gasteiger charge is -2.06. The molecule has 72 valence electrons. The minimum absolute atomic E-state index is 0.256. The van der Waals surface area contributed by atoms with Gasteiger partial charge in [0, 0.05) is 13.1 Å². The predicted molar refractivity (Wildman–Crippen MR) is 41.1 cm³/mol. The van der Waals surface area contributed by atoms with Gasteiger partial charge in [-0.25, -0.2) is 18.3 Å². The SMILES string of the molecule is Cn1c(=O)cc(C(F)F)n(N)c1=O. The van der Waals surface area contributed by atoms with Gasteiger partial charge in [-0.2, -0.15) is 0 Å². The first-order valence-corrected chi connectivity index (χ1v) is 3.31. The summed E-state index contributed by atoms with van der Waals surface area (Å²) in [7, 11) is 1.16. The summed E-state index contributed by atoms with van der Waals surface area (Å²) < 4.78 is 25.2. The topological polar surface area (TPSA) is 70.0 Å². The summed E-state index contributed by atoms with van der Waals surface area (Å²) in [5, 5.41) is 0. The van der Waals surface area contributed by atoms with Gasteiger partial charge >= 0.3 is 5.69 Å². The molecule has 1 aromatic rings. The van der Waals surface area contributed by atoms with Gasteiger partial charge in [-0.1, -0.05) is 0 Å². The van der Waals surface area contributed by atoms with Crippen LogP contribution in [-0.4, -0.2) is 9.24 Å². The van der Waals surface area contributed by atoms with Crippen LogP contribution in [0.3, 0.4) is 0 Å². The molecule has 0 aromatic carbocycles. The summed E-state index contributed by atoms with van der Waals surface area (Å²) in [5.41, 5.74) is -2.56. The number of nitrogen functional groups attached to an aromatic ring is 1. The lowest BCUT2D eigenvalue weighted by Crippen LogP contribution is -2.42. The third-order valence-electron chi connectivity index (χ3n) is 1.60. The van der Waals surface area contributed by atoms with Crippen LogP contribution in [0, 0.1) is 0 Å². The van der Waals surface area contributed by atoms with E-state index in [0.717, 1.165) is 7.05 Å². The summed E-state index contributed by atoms with van der Waals surface area (Å²) >= 11 is 0. The molecule has 0 aliphatic rings. The summed E-state index contributed by atoms with van der Waals surface area (Å²) in [6.07, 6.45) is -2.94. The van der Waals surface area contributed by atoms with Crippen molar-refractivity contribution >= 4 is 0 Å². The Hall–Kier alpha value is -1.66. The quantitative estimate of drug-likeness (QED) is 0.590. The second kappa shape index (κ2) is 3.00. The maximum absolute atomic E-state index is 12.1. The number of hydrogen-bond acceptors (Lipinski definition) is 3. The fourth-order valence-corrected chi connectivity index (χ4v) is 0.827. The van der Waals surface area contributed by atoms with E-state index in [1.807, 2.05) is 0 Å². The van der Waals surface area contributed by atoms with E-state index in [2.05, 4.69) is 0 Å². The molecular formula is C6H7F2N3O2. The van der Waals surface area contributed by atoms with E-state index >= 15 is 0 Å². The van der Waals surface area contributed by atoms with E-state index in [0.29, 0.717) is 10.6 Å². The van der Waals surface area contributed by atoms with Gasteiger partial charge in [0.1, 0.15) is 5.69 Å². The molecule has 0 fully saturated rings. The molecule has 0 amide bonds. The standard InChI is InChI=1S/C6H7F2N3O2/c1-10-4(12)2-3(5(7)8)11(9)6(10)13/h2,5H,9H2,1H3. The average molecular weight is 191 g/mol. The second-order valence-corrected chi connectivity index (χ2v) is 2.42. The summed E-state index contributed by atoms with van der Waals surface area (Å²) in [5.74, 6) is 5.02. The molecule has 0 saturated heterocycles. The number of nitrogens with zero attached hydrogens (tertiary/aromatic N) is 2. The van der Waals surface area contributed by atoms with Gasteiger partial charge in [0.05, 0.1) is 0 Å². The van der Waals surface area contributed by atoms with Crippen LogP contribution in [0.25, 0.3) is 0 Å². The molecule has 1 aromatic heterocycles. The van der Waals surface area contributed by atoms with E-state index in [-0.39, 0.29) is 4.68 Å². The molecule has 13 heavy (non-hydrogen) atoms. The number of aromatic nitrogens is 2. The summed E-state index contributed by atoms with van der Waals surface area (Å²) in [6.45, 7) is 0. The highest BCUT2D eigenvalue weighted by molar-refractivity contribution is 5.03. The van der Waals surface area contributed by atoms with Crippen molar-refractivity contribution in [2.45, 2.75) is 6.43 Å². The van der Waals surface area contributed by atoms with Crippen molar-refractivity contribution in [1.29, 1.82) is 0 Å². The van der Waals surface area contributed by atoms with Crippen LogP contribution in [0.5, 0.6) is 0 Å². The summed E-state index contributed by atoms with van der Waals surface area (Å²) in [4.78, 5) is 21.9. The minimum Gasteiger partial charge on any atom is -0.335 e. The Morgan fingerprint density at radius 1 is 1.46 bits per heavy atom. The molecule has 0 spiro atoms. The number of nitrogens with two attached hydrogens (primary N) is 1. The normalized spacial score (nSPS) is 10.8. The van der Waals surface area contributed by atoms with E-state index in [4.69, 9.17) is 5.84 Å². The molecule has 7 heteroatoms. The van der Waals surface area contributed by atoms with Crippen molar-refractivity contribution in [3.05, 3.63) is 32.6 Å². The third-order valence-corrected chi connectivity index (χ3v) is 1.60. The lowest BCUT2D eigenvalue weighted by atomic mass is 10.4. The van der Waals surface area contributed by atoms with Crippen LogP contribution in [-0.2, 0) is 7.05 Å². The zero-order valence-electron chi connectivity index (χ0n) is 6.70. The van der Waals surface area contributed by atoms with Crippen LogP contribution in [0.2, 0.25) is 0 Å². The fraction of sp³-hybridized carbons (Fsp3) is 0.333. The number of halogens is 2. The van der Waals surface area contributed by atoms with Gasteiger partial charge in [0.15, 0.2) is 0 Å². The zero-order valence-corrected chi connectivity index (χ0v) is 6.70. The highest BCUT2D eigenvalue weighted by atomic mass is 19.3. The van der Waals surface area contributed by atoms with Crippen molar-refractivity contribution in [3.63, 3.8) is 0 Å². The fourth-order valence-electron chi connectivity index (χ4n) is 0.827. The monoisotopic (exact) mass is 191 g/mol. The van der Waals surface area contributed by atoms with Gasteiger partial charge < -0.3 is 5.84 Å². The van der Waals surface area contributed by atoms with Crippen LogP contribution in [0.4, 0.5) is 8.78 Å². The van der Waals surface area contributed by atoms with Crippen LogP contribution in [0.1, 0.15) is 12.1 Å². The van der Waals surface area contributed by atoms with Crippen molar-refractivity contribution < 1.29 is 8.78 Å². The Morgan fingerprint density at radius 2 is 2.00 bits per heavy atom.